The minimum Gasteiger partial charge on any atom is -0.303 e. The summed E-state index contributed by atoms with van der Waals surface area (Å²) in [5.74, 6) is 1.62. The summed E-state index contributed by atoms with van der Waals surface area (Å²) in [6.45, 7) is 6.89. The summed E-state index contributed by atoms with van der Waals surface area (Å²) in [5.41, 5.74) is 1.44. The predicted octanol–water partition coefficient (Wildman–Crippen LogP) is 2.54. The zero-order valence-electron chi connectivity index (χ0n) is 11.4. The highest BCUT2D eigenvalue weighted by atomic mass is 32.1. The first kappa shape index (κ1) is 13.9. The molecule has 2 rings (SSSR count). The lowest BCUT2D eigenvalue weighted by Gasteiger charge is -2.41. The molecule has 1 saturated heterocycles. The van der Waals surface area contributed by atoms with Gasteiger partial charge in [0.1, 0.15) is 0 Å². The van der Waals surface area contributed by atoms with Crippen LogP contribution in [-0.2, 0) is 0 Å². The Morgan fingerprint density at radius 2 is 2.00 bits per heavy atom. The van der Waals surface area contributed by atoms with Crippen LogP contribution in [0.5, 0.6) is 0 Å². The average Bonchev–Trinajstić information content (AvgIpc) is 2.41. The summed E-state index contributed by atoms with van der Waals surface area (Å²) in [7, 11) is 2.22. The quantitative estimate of drug-likeness (QED) is 0.835. The van der Waals surface area contributed by atoms with Crippen molar-refractivity contribution < 1.29 is 0 Å². The fourth-order valence-corrected chi connectivity index (χ4v) is 2.74. The van der Waals surface area contributed by atoms with Crippen LogP contribution >= 0.6 is 12.6 Å². The first-order chi connectivity index (χ1) is 8.70. The van der Waals surface area contributed by atoms with Gasteiger partial charge in [0, 0.05) is 32.2 Å². The maximum atomic E-state index is 4.41. The maximum Gasteiger partial charge on any atom is 0.0475 e. The van der Waals surface area contributed by atoms with Crippen LogP contribution in [0, 0.1) is 5.92 Å². The highest BCUT2D eigenvalue weighted by Gasteiger charge is 2.27. The van der Waals surface area contributed by atoms with Gasteiger partial charge in [0.15, 0.2) is 0 Å². The SMILES string of the molecule is CC(CS)CN1CCN(C)CC1c1ccccc1. The van der Waals surface area contributed by atoms with Crippen LogP contribution in [0.4, 0.5) is 0 Å². The average molecular weight is 264 g/mol. The van der Waals surface area contributed by atoms with Crippen LogP contribution in [0.15, 0.2) is 30.3 Å². The Kier molecular flexibility index (Phi) is 5.10. The van der Waals surface area contributed by atoms with Crippen molar-refractivity contribution in [2.75, 3.05) is 39.0 Å². The molecule has 1 aliphatic heterocycles. The molecule has 1 aromatic rings. The number of likely N-dealkylation sites (N-methyl/N-ethyl adjacent to an activating group) is 1. The van der Waals surface area contributed by atoms with Gasteiger partial charge in [0.05, 0.1) is 0 Å². The van der Waals surface area contributed by atoms with Crippen molar-refractivity contribution in [3.8, 4) is 0 Å². The van der Waals surface area contributed by atoms with Gasteiger partial charge in [-0.25, -0.2) is 0 Å². The van der Waals surface area contributed by atoms with E-state index in [4.69, 9.17) is 0 Å². The molecule has 0 amide bonds. The molecule has 0 saturated carbocycles. The number of benzene rings is 1. The second-order valence-electron chi connectivity index (χ2n) is 5.47. The molecule has 0 aliphatic carbocycles. The van der Waals surface area contributed by atoms with Crippen LogP contribution < -0.4 is 0 Å². The Hall–Kier alpha value is -0.510. The largest absolute Gasteiger partial charge is 0.303 e. The van der Waals surface area contributed by atoms with E-state index >= 15 is 0 Å². The molecule has 1 aromatic carbocycles. The lowest BCUT2D eigenvalue weighted by atomic mass is 10.0. The van der Waals surface area contributed by atoms with E-state index in [1.165, 1.54) is 12.1 Å². The molecule has 0 bridgehead atoms. The number of hydrogen-bond donors (Lipinski definition) is 1. The van der Waals surface area contributed by atoms with E-state index in [1.807, 2.05) is 0 Å². The summed E-state index contributed by atoms with van der Waals surface area (Å²) >= 11 is 4.41. The predicted molar refractivity (Wildman–Crippen MR) is 81.3 cm³/mol. The molecule has 100 valence electrons. The van der Waals surface area contributed by atoms with Crippen molar-refractivity contribution in [1.29, 1.82) is 0 Å². The normalized spacial score (nSPS) is 24.1. The highest BCUT2D eigenvalue weighted by molar-refractivity contribution is 7.80. The minimum atomic E-state index is 0.535. The Morgan fingerprint density at radius 3 is 2.67 bits per heavy atom. The molecular formula is C15H24N2S. The molecule has 0 aromatic heterocycles. The van der Waals surface area contributed by atoms with Gasteiger partial charge in [-0.1, -0.05) is 37.3 Å². The summed E-state index contributed by atoms with van der Waals surface area (Å²) in [4.78, 5) is 5.05. The Morgan fingerprint density at radius 1 is 1.28 bits per heavy atom. The molecule has 0 spiro atoms. The van der Waals surface area contributed by atoms with Crippen LogP contribution in [0.2, 0.25) is 0 Å². The molecule has 2 unspecified atom stereocenters. The summed E-state index contributed by atoms with van der Waals surface area (Å²) < 4.78 is 0. The highest BCUT2D eigenvalue weighted by Crippen LogP contribution is 2.25. The number of rotatable bonds is 4. The van der Waals surface area contributed by atoms with Gasteiger partial charge < -0.3 is 4.90 Å². The number of piperazine rings is 1. The Bertz CT molecular complexity index is 355. The van der Waals surface area contributed by atoms with Gasteiger partial charge >= 0.3 is 0 Å². The monoisotopic (exact) mass is 264 g/mol. The second kappa shape index (κ2) is 6.60. The zero-order valence-corrected chi connectivity index (χ0v) is 12.3. The number of hydrogen-bond acceptors (Lipinski definition) is 3. The van der Waals surface area contributed by atoms with Gasteiger partial charge in [-0.3, -0.25) is 4.90 Å². The van der Waals surface area contributed by atoms with Crippen molar-refractivity contribution in [2.24, 2.45) is 5.92 Å². The fourth-order valence-electron chi connectivity index (χ4n) is 2.62. The molecule has 0 radical (unpaired) electrons. The fraction of sp³-hybridized carbons (Fsp3) is 0.600. The van der Waals surface area contributed by atoms with Gasteiger partial charge in [0.2, 0.25) is 0 Å². The lowest BCUT2D eigenvalue weighted by Crippen LogP contribution is -2.48. The molecule has 1 aliphatic rings. The molecular weight excluding hydrogens is 240 g/mol. The lowest BCUT2D eigenvalue weighted by molar-refractivity contribution is 0.0800. The molecule has 18 heavy (non-hydrogen) atoms. The van der Waals surface area contributed by atoms with E-state index in [0.29, 0.717) is 12.0 Å². The molecule has 0 N–H and O–H groups in total. The van der Waals surface area contributed by atoms with Crippen LogP contribution in [0.25, 0.3) is 0 Å². The third-order valence-corrected chi connectivity index (χ3v) is 4.36. The van der Waals surface area contributed by atoms with Crippen molar-refractivity contribution in [1.82, 2.24) is 9.80 Å². The van der Waals surface area contributed by atoms with Crippen molar-refractivity contribution in [2.45, 2.75) is 13.0 Å². The summed E-state index contributed by atoms with van der Waals surface area (Å²) in [6.07, 6.45) is 0. The second-order valence-corrected chi connectivity index (χ2v) is 5.84. The van der Waals surface area contributed by atoms with E-state index in [1.54, 1.807) is 0 Å². The van der Waals surface area contributed by atoms with Crippen LogP contribution in [0.1, 0.15) is 18.5 Å². The van der Waals surface area contributed by atoms with E-state index in [0.717, 1.165) is 25.4 Å². The standard InChI is InChI=1S/C15H24N2S/c1-13(12-18)10-17-9-8-16(2)11-15(17)14-6-4-3-5-7-14/h3-7,13,15,18H,8-12H2,1-2H3. The van der Waals surface area contributed by atoms with Gasteiger partial charge in [-0.05, 0) is 24.3 Å². The van der Waals surface area contributed by atoms with Crippen molar-refractivity contribution in [3.63, 3.8) is 0 Å². The first-order valence-electron chi connectivity index (χ1n) is 6.79. The van der Waals surface area contributed by atoms with Crippen LogP contribution in [0.3, 0.4) is 0 Å². The van der Waals surface area contributed by atoms with Crippen molar-refractivity contribution >= 4 is 12.6 Å². The minimum absolute atomic E-state index is 0.535. The molecule has 2 nitrogen and oxygen atoms in total. The topological polar surface area (TPSA) is 6.48 Å². The van der Waals surface area contributed by atoms with Crippen LogP contribution in [-0.4, -0.2) is 48.8 Å². The summed E-state index contributed by atoms with van der Waals surface area (Å²) in [5, 5.41) is 0. The van der Waals surface area contributed by atoms with Gasteiger partial charge in [0.25, 0.3) is 0 Å². The molecule has 3 heteroatoms. The smallest absolute Gasteiger partial charge is 0.0475 e. The molecule has 1 heterocycles. The summed E-state index contributed by atoms with van der Waals surface area (Å²) in [6, 6.07) is 11.4. The van der Waals surface area contributed by atoms with Gasteiger partial charge in [-0.2, -0.15) is 12.6 Å². The zero-order chi connectivity index (χ0) is 13.0. The van der Waals surface area contributed by atoms with E-state index in [9.17, 15) is 0 Å². The van der Waals surface area contributed by atoms with Gasteiger partial charge in [-0.15, -0.1) is 0 Å². The van der Waals surface area contributed by atoms with Crippen molar-refractivity contribution in [3.05, 3.63) is 35.9 Å². The maximum absolute atomic E-state index is 4.41. The molecule has 2 atom stereocenters. The third-order valence-electron chi connectivity index (χ3n) is 3.74. The van der Waals surface area contributed by atoms with E-state index in [2.05, 4.69) is 66.7 Å². The third kappa shape index (κ3) is 3.50. The number of thiol groups is 1. The van der Waals surface area contributed by atoms with E-state index < -0.39 is 0 Å². The Balaban J connectivity index is 2.11. The Labute approximate surface area is 116 Å². The molecule has 1 fully saturated rings. The van der Waals surface area contributed by atoms with E-state index in [-0.39, 0.29) is 0 Å². The first-order valence-corrected chi connectivity index (χ1v) is 7.42. The number of nitrogens with zero attached hydrogens (tertiary/aromatic N) is 2.